The summed E-state index contributed by atoms with van der Waals surface area (Å²) in [6.07, 6.45) is 12.8. The average molecular weight is 441 g/mol. The first kappa shape index (κ1) is 25.9. The summed E-state index contributed by atoms with van der Waals surface area (Å²) in [6.45, 7) is 7.28. The van der Waals surface area contributed by atoms with Gasteiger partial charge in [0.15, 0.2) is 17.8 Å². The lowest BCUT2D eigenvalue weighted by Crippen LogP contribution is -2.25. The van der Waals surface area contributed by atoms with Crippen LogP contribution in [0.5, 0.6) is 11.5 Å². The van der Waals surface area contributed by atoms with E-state index in [-0.39, 0.29) is 11.5 Å². The standard InChI is InChI=1S/C26H42F2O3/c1-5-10-19(3)12-9-14-20(11-6-2)13-7-8-17-30-22-18-21-15-16-23(29-4)31-26(21)25(28)24(22)27/h18-20,23H,5-17H2,1-4H3. The summed E-state index contributed by atoms with van der Waals surface area (Å²) in [6, 6.07) is 1.58. The van der Waals surface area contributed by atoms with Crippen LogP contribution in [-0.4, -0.2) is 20.0 Å². The summed E-state index contributed by atoms with van der Waals surface area (Å²) in [5.74, 6) is -0.402. The maximum atomic E-state index is 14.4. The fourth-order valence-electron chi connectivity index (χ4n) is 4.63. The monoisotopic (exact) mass is 440 g/mol. The van der Waals surface area contributed by atoms with E-state index >= 15 is 0 Å². The van der Waals surface area contributed by atoms with Crippen molar-refractivity contribution in [2.45, 2.75) is 104 Å². The van der Waals surface area contributed by atoms with Gasteiger partial charge in [-0.05, 0) is 37.2 Å². The molecule has 0 N–H and O–H groups in total. The molecule has 31 heavy (non-hydrogen) atoms. The quantitative estimate of drug-likeness (QED) is 0.260. The van der Waals surface area contributed by atoms with Crippen LogP contribution >= 0.6 is 0 Å². The molecule has 0 saturated heterocycles. The third kappa shape index (κ3) is 8.25. The van der Waals surface area contributed by atoms with Crippen molar-refractivity contribution in [1.82, 2.24) is 0 Å². The Morgan fingerprint density at radius 1 is 1.00 bits per heavy atom. The van der Waals surface area contributed by atoms with Crippen LogP contribution in [0.15, 0.2) is 6.07 Å². The van der Waals surface area contributed by atoms with E-state index in [0.29, 0.717) is 25.0 Å². The summed E-state index contributed by atoms with van der Waals surface area (Å²) in [5.41, 5.74) is 0.641. The molecule has 0 aliphatic carbocycles. The SMILES string of the molecule is CCCC(C)CCCC(CCC)CCCCOc1cc2c(c(F)c1F)OC(OC)CC2. The number of methoxy groups -OCH3 is 1. The van der Waals surface area contributed by atoms with E-state index in [0.717, 1.165) is 24.7 Å². The number of aryl methyl sites for hydroxylation is 1. The largest absolute Gasteiger partial charge is 0.490 e. The van der Waals surface area contributed by atoms with E-state index < -0.39 is 17.9 Å². The summed E-state index contributed by atoms with van der Waals surface area (Å²) in [7, 11) is 1.50. The van der Waals surface area contributed by atoms with Gasteiger partial charge in [0.1, 0.15) is 0 Å². The number of ether oxygens (including phenoxy) is 3. The number of benzene rings is 1. The molecule has 1 aromatic rings. The van der Waals surface area contributed by atoms with Gasteiger partial charge in [0.2, 0.25) is 11.6 Å². The lowest BCUT2D eigenvalue weighted by atomic mass is 9.89. The molecule has 5 heteroatoms. The van der Waals surface area contributed by atoms with Crippen molar-refractivity contribution in [3.63, 3.8) is 0 Å². The van der Waals surface area contributed by atoms with Gasteiger partial charge < -0.3 is 14.2 Å². The Balaban J connectivity index is 1.75. The van der Waals surface area contributed by atoms with E-state index in [4.69, 9.17) is 14.2 Å². The fourth-order valence-corrected chi connectivity index (χ4v) is 4.63. The minimum Gasteiger partial charge on any atom is -0.490 e. The average Bonchev–Trinajstić information content (AvgIpc) is 2.76. The Kier molecular flexibility index (Phi) is 11.6. The van der Waals surface area contributed by atoms with Crippen LogP contribution in [0.4, 0.5) is 8.78 Å². The first-order valence-electron chi connectivity index (χ1n) is 12.3. The van der Waals surface area contributed by atoms with Gasteiger partial charge in [0, 0.05) is 19.1 Å². The second kappa shape index (κ2) is 13.9. The van der Waals surface area contributed by atoms with Gasteiger partial charge in [-0.1, -0.05) is 72.1 Å². The Hall–Kier alpha value is -1.36. The van der Waals surface area contributed by atoms with E-state index in [9.17, 15) is 8.78 Å². The number of unbranched alkanes of at least 4 members (excludes halogenated alkanes) is 1. The van der Waals surface area contributed by atoms with Gasteiger partial charge >= 0.3 is 0 Å². The van der Waals surface area contributed by atoms with Crippen molar-refractivity contribution >= 4 is 0 Å². The van der Waals surface area contributed by atoms with Gasteiger partial charge in [-0.3, -0.25) is 0 Å². The molecule has 0 saturated carbocycles. The molecule has 1 heterocycles. The van der Waals surface area contributed by atoms with E-state index in [1.54, 1.807) is 6.07 Å². The zero-order chi connectivity index (χ0) is 22.6. The number of hydrogen-bond acceptors (Lipinski definition) is 3. The van der Waals surface area contributed by atoms with Crippen molar-refractivity contribution < 1.29 is 23.0 Å². The lowest BCUT2D eigenvalue weighted by molar-refractivity contribution is -0.0679. The Labute approximate surface area is 187 Å². The predicted octanol–water partition coefficient (Wildman–Crippen LogP) is 7.83. The summed E-state index contributed by atoms with van der Waals surface area (Å²) < 4.78 is 44.9. The topological polar surface area (TPSA) is 27.7 Å². The Bertz CT molecular complexity index is 650. The first-order valence-corrected chi connectivity index (χ1v) is 12.3. The lowest BCUT2D eigenvalue weighted by Gasteiger charge is -2.25. The maximum Gasteiger partial charge on any atom is 0.204 e. The molecule has 1 aliphatic rings. The number of rotatable bonds is 15. The second-order valence-electron chi connectivity index (χ2n) is 9.14. The Morgan fingerprint density at radius 2 is 1.74 bits per heavy atom. The van der Waals surface area contributed by atoms with Gasteiger partial charge in [0.25, 0.3) is 0 Å². The highest BCUT2D eigenvalue weighted by molar-refractivity contribution is 5.44. The van der Waals surface area contributed by atoms with Crippen molar-refractivity contribution in [2.24, 2.45) is 11.8 Å². The summed E-state index contributed by atoms with van der Waals surface area (Å²) >= 11 is 0. The first-order chi connectivity index (χ1) is 15.0. The van der Waals surface area contributed by atoms with Crippen LogP contribution in [0.1, 0.15) is 97.0 Å². The van der Waals surface area contributed by atoms with Gasteiger partial charge in [0.05, 0.1) is 6.61 Å². The minimum absolute atomic E-state index is 0.00858. The van der Waals surface area contributed by atoms with E-state index in [2.05, 4.69) is 20.8 Å². The normalized spacial score (nSPS) is 17.7. The smallest absolute Gasteiger partial charge is 0.204 e. The molecule has 1 aromatic carbocycles. The van der Waals surface area contributed by atoms with E-state index in [1.807, 2.05) is 0 Å². The molecule has 0 spiro atoms. The molecule has 0 fully saturated rings. The molecule has 0 radical (unpaired) electrons. The molecular formula is C26H42F2O3. The maximum absolute atomic E-state index is 14.4. The highest BCUT2D eigenvalue weighted by Crippen LogP contribution is 2.37. The van der Waals surface area contributed by atoms with Crippen LogP contribution in [0.2, 0.25) is 0 Å². The fraction of sp³-hybridized carbons (Fsp3) is 0.769. The number of halogens is 2. The van der Waals surface area contributed by atoms with Crippen molar-refractivity contribution in [1.29, 1.82) is 0 Å². The molecule has 0 amide bonds. The highest BCUT2D eigenvalue weighted by Gasteiger charge is 2.27. The summed E-state index contributed by atoms with van der Waals surface area (Å²) in [5, 5.41) is 0. The number of fused-ring (bicyclic) bond motifs is 1. The molecular weight excluding hydrogens is 398 g/mol. The third-order valence-corrected chi connectivity index (χ3v) is 6.42. The minimum atomic E-state index is -0.977. The molecule has 0 bridgehead atoms. The van der Waals surface area contributed by atoms with Crippen molar-refractivity contribution in [2.75, 3.05) is 13.7 Å². The van der Waals surface area contributed by atoms with Gasteiger partial charge in [-0.2, -0.15) is 8.78 Å². The molecule has 2 rings (SSSR count). The predicted molar refractivity (Wildman–Crippen MR) is 122 cm³/mol. The molecule has 3 atom stereocenters. The van der Waals surface area contributed by atoms with Crippen LogP contribution in [0, 0.1) is 23.5 Å². The van der Waals surface area contributed by atoms with Crippen molar-refractivity contribution in [3.05, 3.63) is 23.3 Å². The zero-order valence-electron chi connectivity index (χ0n) is 20.0. The summed E-state index contributed by atoms with van der Waals surface area (Å²) in [4.78, 5) is 0. The molecule has 178 valence electrons. The highest BCUT2D eigenvalue weighted by atomic mass is 19.2. The van der Waals surface area contributed by atoms with Gasteiger partial charge in [-0.25, -0.2) is 0 Å². The zero-order valence-corrected chi connectivity index (χ0v) is 20.0. The van der Waals surface area contributed by atoms with Crippen LogP contribution in [0.25, 0.3) is 0 Å². The molecule has 3 nitrogen and oxygen atoms in total. The Morgan fingerprint density at radius 3 is 2.45 bits per heavy atom. The van der Waals surface area contributed by atoms with Gasteiger partial charge in [-0.15, -0.1) is 0 Å². The molecule has 0 aromatic heterocycles. The van der Waals surface area contributed by atoms with Crippen LogP contribution in [0.3, 0.4) is 0 Å². The second-order valence-corrected chi connectivity index (χ2v) is 9.14. The number of hydrogen-bond donors (Lipinski definition) is 0. The molecule has 3 unspecified atom stereocenters. The third-order valence-electron chi connectivity index (χ3n) is 6.42. The van der Waals surface area contributed by atoms with Crippen LogP contribution in [-0.2, 0) is 11.2 Å². The van der Waals surface area contributed by atoms with Crippen molar-refractivity contribution in [3.8, 4) is 11.5 Å². The molecule has 1 aliphatic heterocycles. The van der Waals surface area contributed by atoms with Crippen LogP contribution < -0.4 is 9.47 Å². The van der Waals surface area contributed by atoms with E-state index in [1.165, 1.54) is 58.5 Å².